The van der Waals surface area contributed by atoms with Crippen LogP contribution in [0.15, 0.2) is 23.2 Å². The second-order valence-corrected chi connectivity index (χ2v) is 6.36. The highest BCUT2D eigenvalue weighted by molar-refractivity contribution is 6.31. The van der Waals surface area contributed by atoms with E-state index in [4.69, 9.17) is 16.3 Å². The highest BCUT2D eigenvalue weighted by Gasteiger charge is 2.29. The van der Waals surface area contributed by atoms with E-state index in [1.165, 1.54) is 6.92 Å². The summed E-state index contributed by atoms with van der Waals surface area (Å²) in [4.78, 5) is 20.8. The molecule has 1 aliphatic rings. The van der Waals surface area contributed by atoms with Crippen LogP contribution in [0.25, 0.3) is 5.69 Å². The van der Waals surface area contributed by atoms with Crippen LogP contribution in [-0.4, -0.2) is 21.2 Å². The van der Waals surface area contributed by atoms with Gasteiger partial charge in [0.05, 0.1) is 11.4 Å². The maximum Gasteiger partial charge on any atom is 0.304 e. The first kappa shape index (κ1) is 16.7. The number of rotatable bonds is 3. The molecule has 0 amide bonds. The molecule has 0 bridgehead atoms. The van der Waals surface area contributed by atoms with Gasteiger partial charge in [-0.1, -0.05) is 24.9 Å². The van der Waals surface area contributed by atoms with Gasteiger partial charge in [-0.3, -0.25) is 9.36 Å². The third kappa shape index (κ3) is 2.84. The van der Waals surface area contributed by atoms with Crippen LogP contribution >= 0.6 is 11.6 Å². The summed E-state index contributed by atoms with van der Waals surface area (Å²) in [5.74, 6) is 0.247. The zero-order chi connectivity index (χ0) is 17.4. The van der Waals surface area contributed by atoms with Gasteiger partial charge in [0.15, 0.2) is 5.82 Å². The monoisotopic (exact) mass is 345 g/mol. The second kappa shape index (κ2) is 6.40. The minimum atomic E-state index is -0.752. The number of ether oxygens (including phenoxy) is 1. The Kier molecular flexibility index (Phi) is 4.45. The number of aryl methyl sites for hydroxylation is 1. The number of carbonyl (C=O) groups is 1. The molecule has 0 spiro atoms. The number of imidazole rings is 1. The molecule has 3 rings (SSSR count). The Morgan fingerprint density at radius 3 is 2.79 bits per heavy atom. The van der Waals surface area contributed by atoms with E-state index in [-0.39, 0.29) is 5.97 Å². The number of aromatic nitrogens is 2. The molecule has 1 aromatic heterocycles. The lowest BCUT2D eigenvalue weighted by Crippen LogP contribution is -2.12. The van der Waals surface area contributed by atoms with Crippen LogP contribution in [0.3, 0.4) is 0 Å². The molecule has 1 aliphatic heterocycles. The Morgan fingerprint density at radius 2 is 2.12 bits per heavy atom. The molecule has 1 atom stereocenters. The molecule has 5 nitrogen and oxygen atoms in total. The Hall–Kier alpha value is -2.14. The molecule has 126 valence electrons. The molecule has 0 aliphatic carbocycles. The van der Waals surface area contributed by atoms with Crippen molar-refractivity contribution in [1.82, 2.24) is 9.55 Å². The second-order valence-electron chi connectivity index (χ2n) is 5.93. The van der Waals surface area contributed by atoms with Crippen LogP contribution in [0.4, 0.5) is 0 Å². The first-order valence-electron chi connectivity index (χ1n) is 8.02. The fourth-order valence-corrected chi connectivity index (χ4v) is 3.25. The van der Waals surface area contributed by atoms with Gasteiger partial charge >= 0.3 is 5.97 Å². The Balaban J connectivity index is 2.31. The van der Waals surface area contributed by atoms with Gasteiger partial charge in [-0.2, -0.15) is 0 Å². The summed E-state index contributed by atoms with van der Waals surface area (Å²) in [5, 5.41) is 0.643. The largest absolute Gasteiger partial charge is 0.432 e. The van der Waals surface area contributed by atoms with Crippen molar-refractivity contribution in [3.05, 3.63) is 46.0 Å². The van der Waals surface area contributed by atoms with Crippen molar-refractivity contribution in [2.75, 3.05) is 0 Å². The van der Waals surface area contributed by atoms with Gasteiger partial charge in [0.1, 0.15) is 0 Å². The fraction of sp³-hybridized carbons (Fsp3) is 0.389. The van der Waals surface area contributed by atoms with Gasteiger partial charge in [0, 0.05) is 28.9 Å². The zero-order valence-electron chi connectivity index (χ0n) is 14.3. The van der Waals surface area contributed by atoms with E-state index in [0.29, 0.717) is 10.8 Å². The lowest BCUT2D eigenvalue weighted by molar-refractivity contribution is -0.146. The van der Waals surface area contributed by atoms with Gasteiger partial charge < -0.3 is 4.74 Å². The summed E-state index contributed by atoms with van der Waals surface area (Å²) in [6.45, 7) is 7.38. The number of aliphatic imine (C=N–C) groups is 1. The summed E-state index contributed by atoms with van der Waals surface area (Å²) < 4.78 is 7.50. The number of halogens is 1. The summed E-state index contributed by atoms with van der Waals surface area (Å²) in [5.41, 5.74) is 4.70. The van der Waals surface area contributed by atoms with Gasteiger partial charge in [0.2, 0.25) is 0 Å². The van der Waals surface area contributed by atoms with Crippen LogP contribution in [-0.2, 0) is 16.0 Å². The summed E-state index contributed by atoms with van der Waals surface area (Å²) in [6.07, 6.45) is 1.12. The summed E-state index contributed by atoms with van der Waals surface area (Å²) in [7, 11) is 0. The van der Waals surface area contributed by atoms with E-state index in [1.807, 2.05) is 32.0 Å². The predicted molar refractivity (Wildman–Crippen MR) is 94.0 cm³/mol. The van der Waals surface area contributed by atoms with Crippen LogP contribution in [0, 0.1) is 6.92 Å². The highest BCUT2D eigenvalue weighted by Crippen LogP contribution is 2.33. The molecule has 24 heavy (non-hydrogen) atoms. The maximum atomic E-state index is 11.5. The number of esters is 1. The standard InChI is InChI=1S/C18H20ClN3O2/c1-5-6-15-11(3)20-17-18(24-12(4)23)21-10(2)14-9-13(19)7-8-16(14)22(15)17/h7-9,18H,5-6H2,1-4H3. The third-order valence-corrected chi connectivity index (χ3v) is 4.32. The number of carbonyl (C=O) groups excluding carboxylic acids is 1. The van der Waals surface area contributed by atoms with Crippen molar-refractivity contribution in [3.8, 4) is 5.69 Å². The van der Waals surface area contributed by atoms with Crippen molar-refractivity contribution in [2.45, 2.75) is 46.8 Å². The SMILES string of the molecule is CCCc1c(C)nc2n1-c1ccc(Cl)cc1C(C)=NC2OC(C)=O. The number of hydrogen-bond donors (Lipinski definition) is 0. The van der Waals surface area contributed by atoms with E-state index in [2.05, 4.69) is 21.5 Å². The minimum Gasteiger partial charge on any atom is -0.432 e. The van der Waals surface area contributed by atoms with Gasteiger partial charge in [0.25, 0.3) is 6.23 Å². The molecule has 2 aromatic rings. The molecule has 1 aromatic carbocycles. The molecule has 0 saturated heterocycles. The molecule has 2 heterocycles. The molecule has 1 unspecified atom stereocenters. The Morgan fingerprint density at radius 1 is 1.38 bits per heavy atom. The van der Waals surface area contributed by atoms with Crippen molar-refractivity contribution in [1.29, 1.82) is 0 Å². The van der Waals surface area contributed by atoms with Crippen molar-refractivity contribution >= 4 is 23.3 Å². The van der Waals surface area contributed by atoms with Crippen LogP contribution in [0.1, 0.15) is 56.2 Å². The molecule has 0 saturated carbocycles. The number of nitrogens with zero attached hydrogens (tertiary/aromatic N) is 3. The third-order valence-electron chi connectivity index (χ3n) is 4.08. The predicted octanol–water partition coefficient (Wildman–Crippen LogP) is 4.17. The van der Waals surface area contributed by atoms with Gasteiger partial charge in [-0.25, -0.2) is 9.98 Å². The highest BCUT2D eigenvalue weighted by atomic mass is 35.5. The molecule has 0 N–H and O–H groups in total. The van der Waals surface area contributed by atoms with Crippen LogP contribution < -0.4 is 0 Å². The smallest absolute Gasteiger partial charge is 0.304 e. The van der Waals surface area contributed by atoms with Crippen LogP contribution in [0.2, 0.25) is 5.02 Å². The van der Waals surface area contributed by atoms with Gasteiger partial charge in [-0.15, -0.1) is 0 Å². The van der Waals surface area contributed by atoms with E-state index < -0.39 is 6.23 Å². The number of fused-ring (bicyclic) bond motifs is 3. The van der Waals surface area contributed by atoms with Crippen molar-refractivity contribution < 1.29 is 9.53 Å². The minimum absolute atomic E-state index is 0.384. The average molecular weight is 346 g/mol. The summed E-state index contributed by atoms with van der Waals surface area (Å²) in [6, 6.07) is 5.71. The first-order chi connectivity index (χ1) is 11.4. The first-order valence-corrected chi connectivity index (χ1v) is 8.40. The fourth-order valence-electron chi connectivity index (χ4n) is 3.08. The molecular weight excluding hydrogens is 326 g/mol. The van der Waals surface area contributed by atoms with E-state index in [0.717, 1.165) is 41.2 Å². The van der Waals surface area contributed by atoms with E-state index >= 15 is 0 Å². The molecule has 0 radical (unpaired) electrons. The summed E-state index contributed by atoms with van der Waals surface area (Å²) >= 11 is 6.18. The topological polar surface area (TPSA) is 56.5 Å². The number of hydrogen-bond acceptors (Lipinski definition) is 4. The Bertz CT molecular complexity index is 839. The van der Waals surface area contributed by atoms with Crippen molar-refractivity contribution in [2.24, 2.45) is 4.99 Å². The quantitative estimate of drug-likeness (QED) is 0.784. The van der Waals surface area contributed by atoms with Gasteiger partial charge in [-0.05, 0) is 38.5 Å². The molecule has 0 fully saturated rings. The lowest BCUT2D eigenvalue weighted by Gasteiger charge is -2.15. The van der Waals surface area contributed by atoms with Crippen LogP contribution in [0.5, 0.6) is 0 Å². The van der Waals surface area contributed by atoms with Crippen molar-refractivity contribution in [3.63, 3.8) is 0 Å². The van der Waals surface area contributed by atoms with E-state index in [1.54, 1.807) is 0 Å². The molecular formula is C18H20ClN3O2. The number of benzene rings is 1. The molecule has 6 heteroatoms. The zero-order valence-corrected chi connectivity index (χ0v) is 15.0. The van der Waals surface area contributed by atoms with E-state index in [9.17, 15) is 4.79 Å². The Labute approximate surface area is 146 Å². The maximum absolute atomic E-state index is 11.5. The normalized spacial score (nSPS) is 16.0. The lowest BCUT2D eigenvalue weighted by atomic mass is 10.1. The average Bonchev–Trinajstić information content (AvgIpc) is 2.78.